The fraction of sp³-hybridized carbons (Fsp3) is 0.636. The van der Waals surface area contributed by atoms with Crippen LogP contribution in [0.3, 0.4) is 0 Å². The smallest absolute Gasteiger partial charge is 0.234 e. The Bertz CT molecular complexity index is 730. The number of halogens is 2. The second-order valence-electron chi connectivity index (χ2n) is 8.42. The SMILES string of the molecule is CCNC(=NCC1(c2ccccc2F)CC1)N1CCN(CC(=O)NC(C)C)CC1.I. The van der Waals surface area contributed by atoms with Crippen molar-refractivity contribution in [1.29, 1.82) is 0 Å². The molecular weight excluding hydrogens is 496 g/mol. The fourth-order valence-corrected chi connectivity index (χ4v) is 3.90. The van der Waals surface area contributed by atoms with E-state index in [2.05, 4.69) is 27.4 Å². The number of nitrogens with one attached hydrogen (secondary N) is 2. The predicted molar refractivity (Wildman–Crippen MR) is 130 cm³/mol. The van der Waals surface area contributed by atoms with E-state index in [1.165, 1.54) is 0 Å². The first-order valence-electron chi connectivity index (χ1n) is 10.7. The van der Waals surface area contributed by atoms with Crippen molar-refractivity contribution in [2.75, 3.05) is 45.8 Å². The zero-order chi connectivity index (χ0) is 20.9. The fourth-order valence-electron chi connectivity index (χ4n) is 3.90. The highest BCUT2D eigenvalue weighted by molar-refractivity contribution is 14.0. The second-order valence-corrected chi connectivity index (χ2v) is 8.42. The van der Waals surface area contributed by atoms with Crippen molar-refractivity contribution in [2.45, 2.75) is 45.1 Å². The summed E-state index contributed by atoms with van der Waals surface area (Å²) < 4.78 is 14.3. The summed E-state index contributed by atoms with van der Waals surface area (Å²) in [6.45, 7) is 11.2. The third kappa shape index (κ3) is 6.54. The maximum Gasteiger partial charge on any atom is 0.234 e. The van der Waals surface area contributed by atoms with E-state index in [-0.39, 0.29) is 47.2 Å². The molecule has 8 heteroatoms. The number of aliphatic imine (C=N–C) groups is 1. The van der Waals surface area contributed by atoms with Gasteiger partial charge in [-0.25, -0.2) is 4.39 Å². The van der Waals surface area contributed by atoms with Crippen LogP contribution in [0.15, 0.2) is 29.3 Å². The number of carbonyl (C=O) groups excluding carboxylic acids is 1. The van der Waals surface area contributed by atoms with Crippen LogP contribution in [0, 0.1) is 5.82 Å². The third-order valence-corrected chi connectivity index (χ3v) is 5.65. The molecule has 1 heterocycles. The molecule has 0 bridgehead atoms. The van der Waals surface area contributed by atoms with Gasteiger partial charge in [-0.05, 0) is 45.2 Å². The summed E-state index contributed by atoms with van der Waals surface area (Å²) in [5, 5.41) is 6.33. The van der Waals surface area contributed by atoms with Crippen molar-refractivity contribution in [3.8, 4) is 0 Å². The Morgan fingerprint density at radius 3 is 2.43 bits per heavy atom. The molecule has 0 aromatic heterocycles. The largest absolute Gasteiger partial charge is 0.357 e. The maximum absolute atomic E-state index is 14.3. The first kappa shape index (κ1) is 24.8. The number of benzene rings is 1. The van der Waals surface area contributed by atoms with Gasteiger partial charge < -0.3 is 15.5 Å². The maximum atomic E-state index is 14.3. The van der Waals surface area contributed by atoms with Crippen LogP contribution >= 0.6 is 24.0 Å². The van der Waals surface area contributed by atoms with Crippen molar-refractivity contribution in [1.82, 2.24) is 20.4 Å². The minimum absolute atomic E-state index is 0. The summed E-state index contributed by atoms with van der Waals surface area (Å²) in [7, 11) is 0. The van der Waals surface area contributed by atoms with Gasteiger partial charge in [0.15, 0.2) is 5.96 Å². The molecule has 3 rings (SSSR count). The van der Waals surface area contributed by atoms with Crippen LogP contribution in [-0.4, -0.2) is 73.5 Å². The lowest BCUT2D eigenvalue weighted by atomic mass is 9.95. The molecular formula is C22H35FIN5O. The van der Waals surface area contributed by atoms with Crippen LogP contribution in [0.5, 0.6) is 0 Å². The zero-order valence-corrected chi connectivity index (χ0v) is 20.6. The number of hydrogen-bond acceptors (Lipinski definition) is 3. The lowest BCUT2D eigenvalue weighted by molar-refractivity contribution is -0.123. The Morgan fingerprint density at radius 1 is 1.20 bits per heavy atom. The molecule has 0 spiro atoms. The second kappa shape index (κ2) is 11.3. The van der Waals surface area contributed by atoms with Gasteiger partial charge in [0.2, 0.25) is 5.91 Å². The van der Waals surface area contributed by atoms with Gasteiger partial charge in [0.25, 0.3) is 0 Å². The first-order chi connectivity index (χ1) is 13.9. The summed E-state index contributed by atoms with van der Waals surface area (Å²) in [5.41, 5.74) is 0.642. The molecule has 2 aliphatic rings. The van der Waals surface area contributed by atoms with Crippen LogP contribution in [0.2, 0.25) is 0 Å². The lowest BCUT2D eigenvalue weighted by Gasteiger charge is -2.36. The minimum atomic E-state index is -0.150. The molecule has 1 saturated heterocycles. The Labute approximate surface area is 196 Å². The van der Waals surface area contributed by atoms with E-state index in [9.17, 15) is 9.18 Å². The molecule has 0 unspecified atom stereocenters. The molecule has 6 nitrogen and oxygen atoms in total. The van der Waals surface area contributed by atoms with E-state index in [1.54, 1.807) is 12.1 Å². The quantitative estimate of drug-likeness (QED) is 0.323. The Balaban J connectivity index is 0.00000320. The van der Waals surface area contributed by atoms with Crippen molar-refractivity contribution in [2.24, 2.45) is 4.99 Å². The van der Waals surface area contributed by atoms with Crippen molar-refractivity contribution >= 4 is 35.8 Å². The van der Waals surface area contributed by atoms with E-state index in [0.29, 0.717) is 13.1 Å². The topological polar surface area (TPSA) is 60.0 Å². The average molecular weight is 531 g/mol. The summed E-state index contributed by atoms with van der Waals surface area (Å²) in [6, 6.07) is 7.25. The summed E-state index contributed by atoms with van der Waals surface area (Å²) in [6.07, 6.45) is 1.96. The number of nitrogens with zero attached hydrogens (tertiary/aromatic N) is 3. The number of guanidine groups is 1. The lowest BCUT2D eigenvalue weighted by Crippen LogP contribution is -2.54. The molecule has 1 aromatic carbocycles. The Kier molecular flexibility index (Phi) is 9.33. The van der Waals surface area contributed by atoms with Crippen LogP contribution in [0.1, 0.15) is 39.2 Å². The van der Waals surface area contributed by atoms with Gasteiger partial charge in [0.05, 0.1) is 13.1 Å². The van der Waals surface area contributed by atoms with Crippen LogP contribution < -0.4 is 10.6 Å². The number of amides is 1. The monoisotopic (exact) mass is 531 g/mol. The van der Waals surface area contributed by atoms with Gasteiger partial charge in [-0.1, -0.05) is 18.2 Å². The van der Waals surface area contributed by atoms with Crippen LogP contribution in [-0.2, 0) is 10.2 Å². The van der Waals surface area contributed by atoms with Crippen LogP contribution in [0.4, 0.5) is 4.39 Å². The predicted octanol–water partition coefficient (Wildman–Crippen LogP) is 2.58. The van der Waals surface area contributed by atoms with E-state index in [1.807, 2.05) is 26.0 Å². The van der Waals surface area contributed by atoms with Gasteiger partial charge in [-0.2, -0.15) is 0 Å². The number of carbonyl (C=O) groups is 1. The number of piperazine rings is 1. The normalized spacial score (nSPS) is 18.7. The van der Waals surface area contributed by atoms with Gasteiger partial charge >= 0.3 is 0 Å². The molecule has 1 saturated carbocycles. The van der Waals surface area contributed by atoms with Gasteiger partial charge in [-0.3, -0.25) is 14.7 Å². The number of hydrogen-bond donors (Lipinski definition) is 2. The van der Waals surface area contributed by atoms with Gasteiger partial charge in [0.1, 0.15) is 5.82 Å². The van der Waals surface area contributed by atoms with Crippen LogP contribution in [0.25, 0.3) is 0 Å². The van der Waals surface area contributed by atoms with Crippen molar-refractivity contribution in [3.63, 3.8) is 0 Å². The van der Waals surface area contributed by atoms with E-state index < -0.39 is 0 Å². The molecule has 1 aliphatic heterocycles. The summed E-state index contributed by atoms with van der Waals surface area (Å²) in [4.78, 5) is 21.3. The zero-order valence-electron chi connectivity index (χ0n) is 18.3. The highest BCUT2D eigenvalue weighted by atomic mass is 127. The molecule has 0 atom stereocenters. The molecule has 1 aliphatic carbocycles. The molecule has 2 fully saturated rings. The molecule has 0 radical (unpaired) electrons. The molecule has 30 heavy (non-hydrogen) atoms. The average Bonchev–Trinajstić information content (AvgIpc) is 3.46. The van der Waals surface area contributed by atoms with Gasteiger partial charge in [0, 0.05) is 44.2 Å². The van der Waals surface area contributed by atoms with Gasteiger partial charge in [-0.15, -0.1) is 24.0 Å². The minimum Gasteiger partial charge on any atom is -0.357 e. The molecule has 1 aromatic rings. The molecule has 1 amide bonds. The Morgan fingerprint density at radius 2 is 1.87 bits per heavy atom. The molecule has 2 N–H and O–H groups in total. The Hall–Kier alpha value is -1.42. The standard InChI is InChI=1S/C22H34FN5O.HI/c1-4-24-21(25-16-22(9-10-22)18-7-5-6-8-19(18)23)28-13-11-27(12-14-28)15-20(29)26-17(2)3;/h5-8,17H,4,9-16H2,1-3H3,(H,24,25)(H,26,29);1H. The molecule has 168 valence electrons. The third-order valence-electron chi connectivity index (χ3n) is 5.65. The van der Waals surface area contributed by atoms with Crippen molar-refractivity contribution < 1.29 is 9.18 Å². The number of rotatable bonds is 7. The van der Waals surface area contributed by atoms with E-state index in [0.717, 1.165) is 57.1 Å². The highest BCUT2D eigenvalue weighted by Gasteiger charge is 2.46. The summed E-state index contributed by atoms with van der Waals surface area (Å²) >= 11 is 0. The highest BCUT2D eigenvalue weighted by Crippen LogP contribution is 2.49. The van der Waals surface area contributed by atoms with E-state index in [4.69, 9.17) is 4.99 Å². The van der Waals surface area contributed by atoms with Crippen molar-refractivity contribution in [3.05, 3.63) is 35.6 Å². The first-order valence-corrected chi connectivity index (χ1v) is 10.7. The summed E-state index contributed by atoms with van der Waals surface area (Å²) in [5.74, 6) is 0.842. The van der Waals surface area contributed by atoms with E-state index >= 15 is 0 Å².